The Kier molecular flexibility index (Phi) is 5.18. The van der Waals surface area contributed by atoms with Crippen molar-refractivity contribution in [3.63, 3.8) is 0 Å². The third-order valence-electron chi connectivity index (χ3n) is 4.20. The number of fused-ring (bicyclic) bond motifs is 1. The lowest BCUT2D eigenvalue weighted by Gasteiger charge is -2.11. The van der Waals surface area contributed by atoms with Crippen LogP contribution >= 0.6 is 11.6 Å². The van der Waals surface area contributed by atoms with Crippen molar-refractivity contribution in [1.29, 1.82) is 0 Å². The van der Waals surface area contributed by atoms with Gasteiger partial charge in [-0.05, 0) is 56.4 Å². The van der Waals surface area contributed by atoms with E-state index in [9.17, 15) is 8.42 Å². The second kappa shape index (κ2) is 7.20. The van der Waals surface area contributed by atoms with Crippen LogP contribution in [0.3, 0.4) is 0 Å². The van der Waals surface area contributed by atoms with Crippen LogP contribution in [0.1, 0.15) is 11.3 Å². The first-order valence-electron chi connectivity index (χ1n) is 8.08. The maximum atomic E-state index is 12.8. The Morgan fingerprint density at radius 1 is 1.08 bits per heavy atom. The molecule has 0 spiro atoms. The van der Waals surface area contributed by atoms with Crippen molar-refractivity contribution in [2.75, 3.05) is 20.6 Å². The van der Waals surface area contributed by atoms with Crippen LogP contribution in [0.5, 0.6) is 0 Å². The molecule has 0 saturated carbocycles. The standard InChI is InChI=1S/C19H21ClN2O2S/c1-22(2)11-10-16-17-12-14(20)8-9-18(17)21-19(16)13-25(23,24)15-6-4-3-5-7-15/h3-9,12,21H,10-11,13H2,1-2H3. The second-order valence-electron chi connectivity index (χ2n) is 6.40. The molecule has 0 amide bonds. The highest BCUT2D eigenvalue weighted by atomic mass is 35.5. The molecule has 2 aromatic carbocycles. The lowest BCUT2D eigenvalue weighted by molar-refractivity contribution is 0.414. The van der Waals surface area contributed by atoms with E-state index in [1.165, 1.54) is 0 Å². The largest absolute Gasteiger partial charge is 0.357 e. The summed E-state index contributed by atoms with van der Waals surface area (Å²) in [4.78, 5) is 5.71. The summed E-state index contributed by atoms with van der Waals surface area (Å²) in [5.74, 6) is -0.0495. The summed E-state index contributed by atoms with van der Waals surface area (Å²) in [6.45, 7) is 0.831. The van der Waals surface area contributed by atoms with E-state index in [1.807, 2.05) is 38.4 Å². The first-order valence-corrected chi connectivity index (χ1v) is 10.1. The highest BCUT2D eigenvalue weighted by molar-refractivity contribution is 7.90. The predicted octanol–water partition coefficient (Wildman–Crippen LogP) is 3.90. The van der Waals surface area contributed by atoms with E-state index in [0.717, 1.165) is 35.1 Å². The lowest BCUT2D eigenvalue weighted by atomic mass is 10.1. The molecule has 6 heteroatoms. The Hall–Kier alpha value is -1.82. The molecule has 3 rings (SSSR count). The molecule has 3 aromatic rings. The number of aromatic amines is 1. The van der Waals surface area contributed by atoms with E-state index >= 15 is 0 Å². The van der Waals surface area contributed by atoms with Crippen molar-refractivity contribution in [1.82, 2.24) is 9.88 Å². The number of halogens is 1. The van der Waals surface area contributed by atoms with Gasteiger partial charge in [-0.1, -0.05) is 29.8 Å². The molecule has 1 heterocycles. The van der Waals surface area contributed by atoms with E-state index in [2.05, 4.69) is 9.88 Å². The van der Waals surface area contributed by atoms with E-state index < -0.39 is 9.84 Å². The molecular weight excluding hydrogens is 356 g/mol. The summed E-state index contributed by atoms with van der Waals surface area (Å²) < 4.78 is 25.6. The predicted molar refractivity (Wildman–Crippen MR) is 103 cm³/mol. The van der Waals surface area contributed by atoms with Crippen LogP contribution in [0.4, 0.5) is 0 Å². The van der Waals surface area contributed by atoms with E-state index in [4.69, 9.17) is 11.6 Å². The van der Waals surface area contributed by atoms with Crippen molar-refractivity contribution in [3.8, 4) is 0 Å². The molecule has 0 aliphatic rings. The molecular formula is C19H21ClN2O2S. The molecule has 0 aliphatic heterocycles. The minimum atomic E-state index is -3.41. The van der Waals surface area contributed by atoms with Crippen molar-refractivity contribution < 1.29 is 8.42 Å². The average molecular weight is 377 g/mol. The lowest BCUT2D eigenvalue weighted by Crippen LogP contribution is -2.16. The SMILES string of the molecule is CN(C)CCc1c(CS(=O)(=O)c2ccccc2)[nH]c2ccc(Cl)cc12. The number of likely N-dealkylation sites (N-methyl/N-ethyl adjacent to an activating group) is 1. The average Bonchev–Trinajstić information content (AvgIpc) is 2.89. The van der Waals surface area contributed by atoms with E-state index in [1.54, 1.807) is 24.3 Å². The molecule has 0 saturated heterocycles. The van der Waals surface area contributed by atoms with Crippen LogP contribution in [0.15, 0.2) is 53.4 Å². The maximum Gasteiger partial charge on any atom is 0.183 e. The Labute approximate surface area is 153 Å². The molecule has 0 atom stereocenters. The quantitative estimate of drug-likeness (QED) is 0.709. The number of benzene rings is 2. The number of rotatable bonds is 6. The summed E-state index contributed by atoms with van der Waals surface area (Å²) in [5, 5.41) is 1.64. The molecule has 0 radical (unpaired) electrons. The molecule has 0 aliphatic carbocycles. The number of hydrogen-bond acceptors (Lipinski definition) is 3. The Bertz CT molecular complexity index is 979. The molecule has 132 valence electrons. The number of aromatic nitrogens is 1. The fourth-order valence-electron chi connectivity index (χ4n) is 2.92. The van der Waals surface area contributed by atoms with Crippen LogP contribution < -0.4 is 0 Å². The summed E-state index contributed by atoms with van der Waals surface area (Å²) in [7, 11) is 0.594. The van der Waals surface area contributed by atoms with Gasteiger partial charge in [-0.25, -0.2) is 8.42 Å². The van der Waals surface area contributed by atoms with Crippen LogP contribution in [-0.4, -0.2) is 38.9 Å². The number of nitrogens with one attached hydrogen (secondary N) is 1. The van der Waals surface area contributed by atoms with E-state index in [0.29, 0.717) is 9.92 Å². The van der Waals surface area contributed by atoms with Crippen LogP contribution in [-0.2, 0) is 22.0 Å². The Morgan fingerprint density at radius 3 is 2.48 bits per heavy atom. The van der Waals surface area contributed by atoms with Gasteiger partial charge in [-0.15, -0.1) is 0 Å². The summed E-state index contributed by atoms with van der Waals surface area (Å²) in [6.07, 6.45) is 0.757. The first-order chi connectivity index (χ1) is 11.9. The minimum Gasteiger partial charge on any atom is -0.357 e. The van der Waals surface area contributed by atoms with Crippen LogP contribution in [0, 0.1) is 0 Å². The van der Waals surface area contributed by atoms with Gasteiger partial charge in [0.15, 0.2) is 9.84 Å². The summed E-state index contributed by atoms with van der Waals surface area (Å²) >= 11 is 6.15. The Morgan fingerprint density at radius 2 is 1.80 bits per heavy atom. The van der Waals surface area contributed by atoms with Crippen molar-refractivity contribution in [3.05, 3.63) is 64.8 Å². The van der Waals surface area contributed by atoms with Crippen molar-refractivity contribution >= 4 is 32.3 Å². The van der Waals surface area contributed by atoms with Gasteiger partial charge in [0.1, 0.15) is 0 Å². The minimum absolute atomic E-state index is 0.0495. The third kappa shape index (κ3) is 4.06. The molecule has 0 bridgehead atoms. The zero-order valence-corrected chi connectivity index (χ0v) is 15.9. The molecule has 4 nitrogen and oxygen atoms in total. The Balaban J connectivity index is 2.04. The van der Waals surface area contributed by atoms with Crippen molar-refractivity contribution in [2.45, 2.75) is 17.1 Å². The van der Waals surface area contributed by atoms with Gasteiger partial charge < -0.3 is 9.88 Å². The molecule has 0 fully saturated rings. The van der Waals surface area contributed by atoms with Gasteiger partial charge in [0.2, 0.25) is 0 Å². The van der Waals surface area contributed by atoms with Crippen LogP contribution in [0.25, 0.3) is 10.9 Å². The van der Waals surface area contributed by atoms with Gasteiger partial charge in [-0.2, -0.15) is 0 Å². The summed E-state index contributed by atoms with van der Waals surface area (Å²) in [5.41, 5.74) is 2.67. The highest BCUT2D eigenvalue weighted by Gasteiger charge is 2.20. The van der Waals surface area contributed by atoms with Gasteiger partial charge in [0.25, 0.3) is 0 Å². The monoisotopic (exact) mass is 376 g/mol. The molecule has 1 N–H and O–H groups in total. The maximum absolute atomic E-state index is 12.8. The fraction of sp³-hybridized carbons (Fsp3) is 0.263. The zero-order chi connectivity index (χ0) is 18.0. The zero-order valence-electron chi connectivity index (χ0n) is 14.3. The van der Waals surface area contributed by atoms with E-state index in [-0.39, 0.29) is 5.75 Å². The van der Waals surface area contributed by atoms with Crippen molar-refractivity contribution in [2.24, 2.45) is 0 Å². The molecule has 0 unspecified atom stereocenters. The summed E-state index contributed by atoms with van der Waals surface area (Å²) in [6, 6.07) is 14.2. The number of sulfone groups is 1. The number of nitrogens with zero attached hydrogens (tertiary/aromatic N) is 1. The fourth-order valence-corrected chi connectivity index (χ4v) is 4.46. The molecule has 25 heavy (non-hydrogen) atoms. The second-order valence-corrected chi connectivity index (χ2v) is 8.82. The normalized spacial score (nSPS) is 12.2. The smallest absolute Gasteiger partial charge is 0.183 e. The number of hydrogen-bond donors (Lipinski definition) is 1. The highest BCUT2D eigenvalue weighted by Crippen LogP contribution is 2.28. The topological polar surface area (TPSA) is 53.2 Å². The van der Waals surface area contributed by atoms with Gasteiger partial charge in [0.05, 0.1) is 10.6 Å². The third-order valence-corrected chi connectivity index (χ3v) is 6.10. The first kappa shape index (κ1) is 18.0. The van der Waals surface area contributed by atoms with Gasteiger partial charge >= 0.3 is 0 Å². The van der Waals surface area contributed by atoms with Gasteiger partial charge in [-0.3, -0.25) is 0 Å². The van der Waals surface area contributed by atoms with Gasteiger partial charge in [0, 0.05) is 28.2 Å². The van der Waals surface area contributed by atoms with Crippen LogP contribution in [0.2, 0.25) is 5.02 Å². The number of H-pyrrole nitrogens is 1. The molecule has 1 aromatic heterocycles.